The van der Waals surface area contributed by atoms with Crippen molar-refractivity contribution in [3.05, 3.63) is 57.9 Å². The normalized spacial score (nSPS) is 21.3. The molecule has 0 radical (unpaired) electrons. The highest BCUT2D eigenvalue weighted by atomic mass is 16.1. The monoisotopic (exact) mass is 321 g/mol. The molecule has 4 heteroatoms. The fraction of sp³-hybridized carbons (Fsp3) is 0.350. The summed E-state index contributed by atoms with van der Waals surface area (Å²) in [7, 11) is 0. The van der Waals surface area contributed by atoms with Crippen molar-refractivity contribution >= 4 is 17.9 Å². The highest BCUT2D eigenvalue weighted by Gasteiger charge is 2.39. The average Bonchev–Trinajstić information content (AvgIpc) is 2.61. The van der Waals surface area contributed by atoms with Crippen LogP contribution in [0.15, 0.2) is 46.8 Å². The van der Waals surface area contributed by atoms with E-state index < -0.39 is 0 Å². The minimum absolute atomic E-state index is 0.137. The number of hydrogen-bond donors (Lipinski definition) is 1. The Bertz CT molecular complexity index is 757. The summed E-state index contributed by atoms with van der Waals surface area (Å²) in [6.45, 7) is 0. The second kappa shape index (κ2) is 5.86. The van der Waals surface area contributed by atoms with Gasteiger partial charge in [-0.3, -0.25) is 14.4 Å². The molecule has 1 aromatic rings. The number of ketones is 2. The lowest BCUT2D eigenvalue weighted by atomic mass is 9.71. The summed E-state index contributed by atoms with van der Waals surface area (Å²) in [4.78, 5) is 36.2. The van der Waals surface area contributed by atoms with Crippen LogP contribution in [0.5, 0.6) is 0 Å². The first-order chi connectivity index (χ1) is 11.7. The van der Waals surface area contributed by atoms with Gasteiger partial charge in [0, 0.05) is 46.9 Å². The van der Waals surface area contributed by atoms with Crippen LogP contribution in [0.3, 0.4) is 0 Å². The Balaban J connectivity index is 1.88. The summed E-state index contributed by atoms with van der Waals surface area (Å²) in [5, 5.41) is 3.40. The largest absolute Gasteiger partial charge is 0.362 e. The number of carbonyl (C=O) groups excluding carboxylic acids is 3. The van der Waals surface area contributed by atoms with Gasteiger partial charge >= 0.3 is 0 Å². The molecule has 0 unspecified atom stereocenters. The Morgan fingerprint density at radius 3 is 1.88 bits per heavy atom. The first-order valence-electron chi connectivity index (χ1n) is 8.53. The molecule has 1 aromatic carbocycles. The predicted octanol–water partition coefficient (Wildman–Crippen LogP) is 3.20. The first kappa shape index (κ1) is 15.1. The number of hydrogen-bond acceptors (Lipinski definition) is 4. The van der Waals surface area contributed by atoms with Crippen LogP contribution in [-0.2, 0) is 9.59 Å². The molecule has 1 aliphatic heterocycles. The molecule has 0 bridgehead atoms. The first-order valence-corrected chi connectivity index (χ1v) is 8.53. The zero-order chi connectivity index (χ0) is 16.7. The number of benzene rings is 1. The van der Waals surface area contributed by atoms with Gasteiger partial charge in [-0.15, -0.1) is 0 Å². The van der Waals surface area contributed by atoms with Gasteiger partial charge in [-0.25, -0.2) is 0 Å². The number of dihydropyridines is 1. The third-order valence-electron chi connectivity index (χ3n) is 5.20. The lowest BCUT2D eigenvalue weighted by Gasteiger charge is -2.37. The Morgan fingerprint density at radius 1 is 0.833 bits per heavy atom. The number of rotatable bonds is 2. The van der Waals surface area contributed by atoms with E-state index >= 15 is 0 Å². The molecule has 3 aliphatic rings. The zero-order valence-electron chi connectivity index (χ0n) is 13.4. The molecule has 2 aliphatic carbocycles. The zero-order valence-corrected chi connectivity index (χ0v) is 13.4. The third kappa shape index (κ3) is 2.33. The van der Waals surface area contributed by atoms with E-state index in [9.17, 15) is 14.4 Å². The van der Waals surface area contributed by atoms with Gasteiger partial charge < -0.3 is 5.32 Å². The summed E-state index contributed by atoms with van der Waals surface area (Å²) in [5.41, 5.74) is 5.02. The predicted molar refractivity (Wildman–Crippen MR) is 89.5 cm³/mol. The van der Waals surface area contributed by atoms with E-state index in [0.29, 0.717) is 18.4 Å². The van der Waals surface area contributed by atoms with E-state index in [1.807, 2.05) is 12.1 Å². The molecular weight excluding hydrogens is 302 g/mol. The van der Waals surface area contributed by atoms with Crippen molar-refractivity contribution in [3.63, 3.8) is 0 Å². The van der Waals surface area contributed by atoms with E-state index in [-0.39, 0.29) is 17.5 Å². The van der Waals surface area contributed by atoms with E-state index in [2.05, 4.69) is 5.32 Å². The van der Waals surface area contributed by atoms with Gasteiger partial charge in [-0.05, 0) is 31.2 Å². The van der Waals surface area contributed by atoms with Crippen LogP contribution in [0.1, 0.15) is 60.4 Å². The SMILES string of the molecule is O=Cc1ccc(C2C3=C(CCCC3=O)NC3=C2C(=O)CCC3)cc1. The number of Topliss-reactive ketones (excluding diaryl/α,β-unsaturated/α-hetero) is 2. The molecule has 1 heterocycles. The van der Waals surface area contributed by atoms with Crippen LogP contribution in [0.2, 0.25) is 0 Å². The van der Waals surface area contributed by atoms with E-state index in [1.165, 1.54) is 0 Å². The van der Waals surface area contributed by atoms with Crippen molar-refractivity contribution in [2.24, 2.45) is 0 Å². The minimum Gasteiger partial charge on any atom is -0.362 e. The van der Waals surface area contributed by atoms with Crippen molar-refractivity contribution in [3.8, 4) is 0 Å². The number of nitrogens with one attached hydrogen (secondary N) is 1. The number of allylic oxidation sites excluding steroid dienone is 4. The Labute approximate surface area is 140 Å². The van der Waals surface area contributed by atoms with Gasteiger partial charge in [0.2, 0.25) is 0 Å². The third-order valence-corrected chi connectivity index (χ3v) is 5.20. The molecule has 122 valence electrons. The average molecular weight is 321 g/mol. The van der Waals surface area contributed by atoms with Crippen molar-refractivity contribution in [2.75, 3.05) is 0 Å². The maximum Gasteiger partial charge on any atom is 0.161 e. The summed E-state index contributed by atoms with van der Waals surface area (Å²) in [5.74, 6) is -0.00572. The Kier molecular flexibility index (Phi) is 3.68. The molecule has 0 amide bonds. The highest BCUT2D eigenvalue weighted by Crippen LogP contribution is 2.45. The fourth-order valence-electron chi connectivity index (χ4n) is 4.08. The highest BCUT2D eigenvalue weighted by molar-refractivity contribution is 6.06. The van der Waals surface area contributed by atoms with Gasteiger partial charge in [-0.1, -0.05) is 24.3 Å². The van der Waals surface area contributed by atoms with Crippen LogP contribution in [-0.4, -0.2) is 17.9 Å². The van der Waals surface area contributed by atoms with E-state index in [1.54, 1.807) is 12.1 Å². The lowest BCUT2D eigenvalue weighted by molar-refractivity contribution is -0.116. The van der Waals surface area contributed by atoms with Crippen molar-refractivity contribution in [1.82, 2.24) is 5.32 Å². The number of carbonyl (C=O) groups is 3. The maximum atomic E-state index is 12.6. The molecule has 0 saturated carbocycles. The van der Waals surface area contributed by atoms with Crippen molar-refractivity contribution < 1.29 is 14.4 Å². The summed E-state index contributed by atoms with van der Waals surface area (Å²) in [6.07, 6.45) is 5.32. The fourth-order valence-corrected chi connectivity index (χ4v) is 4.08. The van der Waals surface area contributed by atoms with E-state index in [0.717, 1.165) is 60.1 Å². The Hall–Kier alpha value is -2.49. The maximum absolute atomic E-state index is 12.6. The molecule has 0 fully saturated rings. The standard InChI is InChI=1S/C20H19NO3/c22-11-12-7-9-13(10-8-12)18-19-14(3-1-5-16(19)23)21-15-4-2-6-17(24)20(15)18/h7-11,18,21H,1-6H2. The number of aldehydes is 1. The van der Waals surface area contributed by atoms with Crippen LogP contribution in [0, 0.1) is 0 Å². The molecule has 4 rings (SSSR count). The molecular formula is C20H19NO3. The summed E-state index contributed by atoms with van der Waals surface area (Å²) < 4.78 is 0. The molecule has 0 saturated heterocycles. The Morgan fingerprint density at radius 2 is 1.38 bits per heavy atom. The minimum atomic E-state index is -0.280. The summed E-state index contributed by atoms with van der Waals surface area (Å²) in [6, 6.07) is 7.26. The summed E-state index contributed by atoms with van der Waals surface area (Å²) >= 11 is 0. The molecule has 0 aromatic heterocycles. The smallest absolute Gasteiger partial charge is 0.161 e. The van der Waals surface area contributed by atoms with Crippen LogP contribution in [0.4, 0.5) is 0 Å². The van der Waals surface area contributed by atoms with Gasteiger partial charge in [0.05, 0.1) is 0 Å². The lowest BCUT2D eigenvalue weighted by Crippen LogP contribution is -2.36. The molecule has 4 nitrogen and oxygen atoms in total. The molecule has 0 atom stereocenters. The second-order valence-corrected chi connectivity index (χ2v) is 6.68. The van der Waals surface area contributed by atoms with Crippen molar-refractivity contribution in [1.29, 1.82) is 0 Å². The molecule has 24 heavy (non-hydrogen) atoms. The molecule has 0 spiro atoms. The second-order valence-electron chi connectivity index (χ2n) is 6.68. The van der Waals surface area contributed by atoms with E-state index in [4.69, 9.17) is 0 Å². The van der Waals surface area contributed by atoms with Crippen LogP contribution < -0.4 is 5.32 Å². The topological polar surface area (TPSA) is 63.2 Å². The van der Waals surface area contributed by atoms with Gasteiger partial charge in [0.25, 0.3) is 0 Å². The van der Waals surface area contributed by atoms with Crippen LogP contribution in [0.25, 0.3) is 0 Å². The van der Waals surface area contributed by atoms with Crippen LogP contribution >= 0.6 is 0 Å². The molecule has 1 N–H and O–H groups in total. The quantitative estimate of drug-likeness (QED) is 0.850. The van der Waals surface area contributed by atoms with Crippen molar-refractivity contribution in [2.45, 2.75) is 44.4 Å². The van der Waals surface area contributed by atoms with Gasteiger partial charge in [-0.2, -0.15) is 0 Å². The van der Waals surface area contributed by atoms with Gasteiger partial charge in [0.1, 0.15) is 6.29 Å². The van der Waals surface area contributed by atoms with Gasteiger partial charge in [0.15, 0.2) is 11.6 Å².